The van der Waals surface area contributed by atoms with Crippen LogP contribution in [0.1, 0.15) is 21.5 Å². The Morgan fingerprint density at radius 3 is 2.71 bits per heavy atom. The molecule has 0 saturated heterocycles. The zero-order chi connectivity index (χ0) is 15.4. The highest BCUT2D eigenvalue weighted by Crippen LogP contribution is 2.28. The van der Waals surface area contributed by atoms with Crippen molar-refractivity contribution in [3.05, 3.63) is 55.2 Å². The standard InChI is InChI=1S/C14H12ClNO4S/c1-2-10-4-6-14(21-10)13(17)8-20-9-3-5-12(16(18)19)11(15)7-9/h3-7H,2,8H2,1H3. The van der Waals surface area contributed by atoms with Crippen molar-refractivity contribution in [2.75, 3.05) is 6.61 Å². The number of benzene rings is 1. The summed E-state index contributed by atoms with van der Waals surface area (Å²) in [6, 6.07) is 7.70. The van der Waals surface area contributed by atoms with Gasteiger partial charge in [0.1, 0.15) is 10.8 Å². The Bertz CT molecular complexity index is 683. The molecule has 0 atom stereocenters. The molecular weight excluding hydrogens is 314 g/mol. The maximum atomic E-state index is 12.0. The Kier molecular flexibility index (Phi) is 4.93. The molecule has 21 heavy (non-hydrogen) atoms. The first-order valence-corrected chi connectivity index (χ1v) is 7.39. The second-order valence-corrected chi connectivity index (χ2v) is 5.78. The summed E-state index contributed by atoms with van der Waals surface area (Å²) >= 11 is 7.22. The first-order chi connectivity index (χ1) is 10.0. The maximum Gasteiger partial charge on any atom is 0.288 e. The Hall–Kier alpha value is -1.92. The molecule has 0 aliphatic rings. The summed E-state index contributed by atoms with van der Waals surface area (Å²) in [5, 5.41) is 10.6. The molecule has 0 aliphatic heterocycles. The number of Topliss-reactive ketones (excluding diaryl/α,β-unsaturated/α-hetero) is 1. The lowest BCUT2D eigenvalue weighted by molar-refractivity contribution is -0.384. The van der Waals surface area contributed by atoms with Crippen LogP contribution in [-0.4, -0.2) is 17.3 Å². The number of carbonyl (C=O) groups excluding carboxylic acids is 1. The smallest absolute Gasteiger partial charge is 0.288 e. The molecular formula is C14H12ClNO4S. The summed E-state index contributed by atoms with van der Waals surface area (Å²) in [6.45, 7) is 1.90. The number of aryl methyl sites for hydroxylation is 1. The molecule has 0 unspecified atom stereocenters. The molecule has 0 fully saturated rings. The van der Waals surface area contributed by atoms with E-state index in [0.717, 1.165) is 11.3 Å². The highest BCUT2D eigenvalue weighted by molar-refractivity contribution is 7.14. The van der Waals surface area contributed by atoms with E-state index >= 15 is 0 Å². The zero-order valence-electron chi connectivity index (χ0n) is 11.2. The summed E-state index contributed by atoms with van der Waals surface area (Å²) in [5.41, 5.74) is -0.193. The van der Waals surface area contributed by atoms with E-state index in [-0.39, 0.29) is 23.1 Å². The van der Waals surface area contributed by atoms with Gasteiger partial charge in [-0.3, -0.25) is 14.9 Å². The molecule has 2 aromatic rings. The van der Waals surface area contributed by atoms with Crippen molar-refractivity contribution in [2.24, 2.45) is 0 Å². The fourth-order valence-corrected chi connectivity index (χ4v) is 2.77. The Morgan fingerprint density at radius 2 is 2.14 bits per heavy atom. The third-order valence-corrected chi connectivity index (χ3v) is 4.34. The van der Waals surface area contributed by atoms with Crippen LogP contribution >= 0.6 is 22.9 Å². The highest BCUT2D eigenvalue weighted by Gasteiger charge is 2.14. The van der Waals surface area contributed by atoms with Crippen molar-refractivity contribution < 1.29 is 14.5 Å². The number of halogens is 1. The zero-order valence-corrected chi connectivity index (χ0v) is 12.7. The number of hydrogen-bond donors (Lipinski definition) is 0. The molecule has 0 aliphatic carbocycles. The molecule has 7 heteroatoms. The van der Waals surface area contributed by atoms with Crippen molar-refractivity contribution in [3.8, 4) is 5.75 Å². The molecule has 1 aromatic heterocycles. The monoisotopic (exact) mass is 325 g/mol. The van der Waals surface area contributed by atoms with Crippen LogP contribution < -0.4 is 4.74 Å². The Morgan fingerprint density at radius 1 is 1.38 bits per heavy atom. The third kappa shape index (κ3) is 3.80. The molecule has 1 heterocycles. The summed E-state index contributed by atoms with van der Waals surface area (Å²) in [5.74, 6) is 0.195. The minimum atomic E-state index is -0.574. The predicted molar refractivity (Wildman–Crippen MR) is 81.6 cm³/mol. The molecule has 2 rings (SSSR count). The molecule has 110 valence electrons. The van der Waals surface area contributed by atoms with Gasteiger partial charge >= 0.3 is 0 Å². The molecule has 0 radical (unpaired) electrons. The van der Waals surface area contributed by atoms with Crippen LogP contribution in [0.5, 0.6) is 5.75 Å². The van der Waals surface area contributed by atoms with Crippen molar-refractivity contribution in [1.29, 1.82) is 0 Å². The van der Waals surface area contributed by atoms with Crippen LogP contribution in [0.25, 0.3) is 0 Å². The van der Waals surface area contributed by atoms with Gasteiger partial charge in [0.05, 0.1) is 9.80 Å². The Labute approximate surface area is 130 Å². The van der Waals surface area contributed by atoms with Crippen LogP contribution in [0, 0.1) is 10.1 Å². The molecule has 0 bridgehead atoms. The average Bonchev–Trinajstić information content (AvgIpc) is 2.93. The van der Waals surface area contributed by atoms with Gasteiger partial charge in [-0.2, -0.15) is 0 Å². The maximum absolute atomic E-state index is 12.0. The lowest BCUT2D eigenvalue weighted by atomic mass is 10.3. The number of nitrogens with zero attached hydrogens (tertiary/aromatic N) is 1. The number of carbonyl (C=O) groups is 1. The second kappa shape index (κ2) is 6.69. The van der Waals surface area contributed by atoms with Gasteiger partial charge in [-0.15, -0.1) is 11.3 Å². The van der Waals surface area contributed by atoms with E-state index in [9.17, 15) is 14.9 Å². The topological polar surface area (TPSA) is 69.4 Å². The molecule has 1 aromatic carbocycles. The summed E-state index contributed by atoms with van der Waals surface area (Å²) in [4.78, 5) is 23.8. The van der Waals surface area contributed by atoms with Crippen molar-refractivity contribution in [2.45, 2.75) is 13.3 Å². The van der Waals surface area contributed by atoms with Crippen molar-refractivity contribution in [3.63, 3.8) is 0 Å². The van der Waals surface area contributed by atoms with E-state index in [1.165, 1.54) is 29.5 Å². The van der Waals surface area contributed by atoms with Crippen LogP contribution in [-0.2, 0) is 6.42 Å². The van der Waals surface area contributed by atoms with Gasteiger partial charge < -0.3 is 4.74 Å². The summed E-state index contributed by atoms with van der Waals surface area (Å²) in [7, 11) is 0. The molecule has 0 spiro atoms. The van der Waals surface area contributed by atoms with Crippen molar-refractivity contribution in [1.82, 2.24) is 0 Å². The van der Waals surface area contributed by atoms with Crippen LogP contribution in [0.4, 0.5) is 5.69 Å². The van der Waals surface area contributed by atoms with E-state index in [4.69, 9.17) is 16.3 Å². The largest absolute Gasteiger partial charge is 0.485 e. The molecule has 5 nitrogen and oxygen atoms in total. The first-order valence-electron chi connectivity index (χ1n) is 6.20. The lowest BCUT2D eigenvalue weighted by Gasteiger charge is -2.05. The number of ether oxygens (including phenoxy) is 1. The number of hydrogen-bond acceptors (Lipinski definition) is 5. The Balaban J connectivity index is 2.01. The minimum absolute atomic E-state index is 0.0191. The number of ketones is 1. The summed E-state index contributed by atoms with van der Waals surface area (Å²) < 4.78 is 5.33. The fraction of sp³-hybridized carbons (Fsp3) is 0.214. The van der Waals surface area contributed by atoms with Gasteiger partial charge in [0, 0.05) is 17.0 Å². The van der Waals surface area contributed by atoms with Crippen LogP contribution in [0.15, 0.2) is 30.3 Å². The molecule has 0 saturated carbocycles. The normalized spacial score (nSPS) is 10.4. The van der Waals surface area contributed by atoms with E-state index < -0.39 is 4.92 Å². The number of thiophene rings is 1. The lowest BCUT2D eigenvalue weighted by Crippen LogP contribution is -2.10. The quantitative estimate of drug-likeness (QED) is 0.455. The van der Waals surface area contributed by atoms with Gasteiger partial charge in [-0.1, -0.05) is 18.5 Å². The fourth-order valence-electron chi connectivity index (χ4n) is 1.66. The third-order valence-electron chi connectivity index (χ3n) is 2.77. The van der Waals surface area contributed by atoms with E-state index in [1.807, 2.05) is 13.0 Å². The summed E-state index contributed by atoms with van der Waals surface area (Å²) in [6.07, 6.45) is 0.886. The number of nitro benzene ring substituents is 1. The minimum Gasteiger partial charge on any atom is -0.485 e. The van der Waals surface area contributed by atoms with Gasteiger partial charge in [-0.05, 0) is 24.6 Å². The van der Waals surface area contributed by atoms with E-state index in [0.29, 0.717) is 10.6 Å². The first kappa shape index (κ1) is 15.5. The van der Waals surface area contributed by atoms with Gasteiger partial charge in [0.25, 0.3) is 5.69 Å². The van der Waals surface area contributed by atoms with Crippen LogP contribution in [0.3, 0.4) is 0 Å². The SMILES string of the molecule is CCc1ccc(C(=O)COc2ccc([N+](=O)[O-])c(Cl)c2)s1. The van der Waals surface area contributed by atoms with E-state index in [2.05, 4.69) is 0 Å². The predicted octanol–water partition coefficient (Wildman–Crippen LogP) is 4.13. The number of nitro groups is 1. The van der Waals surface area contributed by atoms with Gasteiger partial charge in [0.15, 0.2) is 6.61 Å². The van der Waals surface area contributed by atoms with E-state index in [1.54, 1.807) is 6.07 Å². The van der Waals surface area contributed by atoms with Crippen LogP contribution in [0.2, 0.25) is 5.02 Å². The number of rotatable bonds is 6. The van der Waals surface area contributed by atoms with Crippen molar-refractivity contribution >= 4 is 34.4 Å². The molecule has 0 N–H and O–H groups in total. The molecule has 0 amide bonds. The second-order valence-electron chi connectivity index (χ2n) is 4.20. The van der Waals surface area contributed by atoms with Gasteiger partial charge in [0.2, 0.25) is 5.78 Å². The highest BCUT2D eigenvalue weighted by atomic mass is 35.5. The average molecular weight is 326 g/mol. The van der Waals surface area contributed by atoms with Gasteiger partial charge in [-0.25, -0.2) is 0 Å².